The van der Waals surface area contributed by atoms with Gasteiger partial charge in [0.15, 0.2) is 0 Å². The number of rotatable bonds is 8. The molecule has 0 saturated carbocycles. The van der Waals surface area contributed by atoms with Gasteiger partial charge in [0.05, 0.1) is 5.02 Å². The van der Waals surface area contributed by atoms with Crippen molar-refractivity contribution >= 4 is 39.3 Å². The molecule has 5 nitrogen and oxygen atoms in total. The Morgan fingerprint density at radius 2 is 1.86 bits per heavy atom. The zero-order chi connectivity index (χ0) is 21.7. The van der Waals surface area contributed by atoms with Gasteiger partial charge in [-0.25, -0.2) is 17.5 Å². The maximum absolute atomic E-state index is 13.6. The summed E-state index contributed by atoms with van der Waals surface area (Å²) in [5.41, 5.74) is 0.126. The minimum Gasteiger partial charge on any atom is -0.351 e. The van der Waals surface area contributed by atoms with Crippen LogP contribution in [0.3, 0.4) is 0 Å². The van der Waals surface area contributed by atoms with E-state index in [-0.39, 0.29) is 21.3 Å². The van der Waals surface area contributed by atoms with Gasteiger partial charge < -0.3 is 5.32 Å². The highest BCUT2D eigenvalue weighted by atomic mass is 35.5. The first-order valence-corrected chi connectivity index (χ1v) is 11.9. The SMILES string of the molecule is CC(C)(C)NS(=O)(=O)c1cc(C(=O)NCCSCc2ccccc2F)ccc1Cl. The van der Waals surface area contributed by atoms with E-state index in [1.54, 1.807) is 39.0 Å². The lowest BCUT2D eigenvalue weighted by Crippen LogP contribution is -2.40. The maximum atomic E-state index is 13.6. The fourth-order valence-corrected chi connectivity index (χ4v) is 5.24. The van der Waals surface area contributed by atoms with Crippen molar-refractivity contribution < 1.29 is 17.6 Å². The van der Waals surface area contributed by atoms with Crippen molar-refractivity contribution in [2.45, 2.75) is 37.0 Å². The molecule has 0 radical (unpaired) electrons. The van der Waals surface area contributed by atoms with Crippen LogP contribution in [-0.2, 0) is 15.8 Å². The molecule has 2 aromatic carbocycles. The first-order valence-electron chi connectivity index (χ1n) is 8.92. The monoisotopic (exact) mass is 458 g/mol. The number of benzene rings is 2. The number of halogens is 2. The molecule has 0 unspecified atom stereocenters. The van der Waals surface area contributed by atoms with Crippen molar-refractivity contribution in [2.75, 3.05) is 12.3 Å². The summed E-state index contributed by atoms with van der Waals surface area (Å²) in [6.07, 6.45) is 0. The second-order valence-corrected chi connectivity index (χ2v) is 10.6. The first kappa shape index (κ1) is 23.7. The lowest BCUT2D eigenvalue weighted by Gasteiger charge is -2.21. The standard InChI is InChI=1S/C20H24ClFN2O3S2/c1-20(2,3)24-29(26,27)18-12-14(8-9-16(18)21)19(25)23-10-11-28-13-15-6-4-5-7-17(15)22/h4-9,12,24H,10-11,13H2,1-3H3,(H,23,25). The molecule has 0 spiro atoms. The number of hydrogen-bond donors (Lipinski definition) is 2. The third-order valence-corrected chi connectivity index (χ3v) is 6.92. The summed E-state index contributed by atoms with van der Waals surface area (Å²) in [7, 11) is -3.87. The van der Waals surface area contributed by atoms with Crippen LogP contribution in [0.2, 0.25) is 5.02 Å². The highest BCUT2D eigenvalue weighted by Crippen LogP contribution is 2.24. The Bertz CT molecular complexity index is 976. The Hall–Kier alpha value is -1.61. The van der Waals surface area contributed by atoms with Gasteiger partial charge in [-0.15, -0.1) is 0 Å². The van der Waals surface area contributed by atoms with Crippen molar-refractivity contribution in [3.63, 3.8) is 0 Å². The molecule has 0 saturated heterocycles. The van der Waals surface area contributed by atoms with E-state index in [9.17, 15) is 17.6 Å². The van der Waals surface area contributed by atoms with Crippen LogP contribution in [0, 0.1) is 5.82 Å². The number of carbonyl (C=O) groups excluding carboxylic acids is 1. The molecule has 2 N–H and O–H groups in total. The van der Waals surface area contributed by atoms with Gasteiger partial charge in [-0.3, -0.25) is 4.79 Å². The average Bonchev–Trinajstić information content (AvgIpc) is 2.61. The van der Waals surface area contributed by atoms with Gasteiger partial charge in [-0.1, -0.05) is 29.8 Å². The summed E-state index contributed by atoms with van der Waals surface area (Å²) >= 11 is 7.54. The van der Waals surface area contributed by atoms with Crippen LogP contribution in [0.15, 0.2) is 47.4 Å². The van der Waals surface area contributed by atoms with Crippen LogP contribution in [0.1, 0.15) is 36.7 Å². The quantitative estimate of drug-likeness (QED) is 0.581. The summed E-state index contributed by atoms with van der Waals surface area (Å²) in [5, 5.41) is 2.77. The topological polar surface area (TPSA) is 75.3 Å². The Labute approximate surface area is 180 Å². The maximum Gasteiger partial charge on any atom is 0.251 e. The van der Waals surface area contributed by atoms with Gasteiger partial charge in [0, 0.05) is 29.2 Å². The van der Waals surface area contributed by atoms with Crippen molar-refractivity contribution in [1.29, 1.82) is 0 Å². The van der Waals surface area contributed by atoms with Crippen LogP contribution in [0.5, 0.6) is 0 Å². The second kappa shape index (κ2) is 9.93. The molecule has 0 bridgehead atoms. The zero-order valence-corrected chi connectivity index (χ0v) is 18.8. The summed E-state index contributed by atoms with van der Waals surface area (Å²) in [4.78, 5) is 12.2. The number of amides is 1. The van der Waals surface area contributed by atoms with Crippen molar-refractivity contribution in [3.8, 4) is 0 Å². The minimum atomic E-state index is -3.87. The Morgan fingerprint density at radius 1 is 1.17 bits per heavy atom. The molecule has 0 aromatic heterocycles. The Kier molecular flexibility index (Phi) is 8.10. The van der Waals surface area contributed by atoms with E-state index >= 15 is 0 Å². The van der Waals surface area contributed by atoms with Gasteiger partial charge >= 0.3 is 0 Å². The summed E-state index contributed by atoms with van der Waals surface area (Å²) in [6, 6.07) is 10.7. The Balaban J connectivity index is 1.95. The fraction of sp³-hybridized carbons (Fsp3) is 0.350. The highest BCUT2D eigenvalue weighted by molar-refractivity contribution is 7.98. The van der Waals surface area contributed by atoms with Gasteiger partial charge in [-0.05, 0) is 50.6 Å². The lowest BCUT2D eigenvalue weighted by atomic mass is 10.1. The van der Waals surface area contributed by atoms with Crippen LogP contribution in [-0.4, -0.2) is 32.2 Å². The van der Waals surface area contributed by atoms with Gasteiger partial charge in [0.25, 0.3) is 5.91 Å². The van der Waals surface area contributed by atoms with E-state index in [4.69, 9.17) is 11.6 Å². The number of thioether (sulfide) groups is 1. The van der Waals surface area contributed by atoms with E-state index in [1.165, 1.54) is 36.0 Å². The molecule has 0 aliphatic rings. The molecule has 158 valence electrons. The summed E-state index contributed by atoms with van der Waals surface area (Å²) in [5.74, 6) is 0.442. The van der Waals surface area contributed by atoms with Crippen LogP contribution < -0.4 is 10.0 Å². The number of nitrogens with one attached hydrogen (secondary N) is 2. The van der Waals surface area contributed by atoms with Crippen LogP contribution in [0.25, 0.3) is 0 Å². The molecule has 0 fully saturated rings. The van der Waals surface area contributed by atoms with E-state index in [2.05, 4.69) is 10.0 Å². The Morgan fingerprint density at radius 3 is 2.52 bits per heavy atom. The molecular weight excluding hydrogens is 435 g/mol. The molecule has 2 aromatic rings. The van der Waals surface area contributed by atoms with Crippen molar-refractivity contribution in [1.82, 2.24) is 10.0 Å². The molecule has 0 aliphatic heterocycles. The third kappa shape index (κ3) is 7.29. The highest BCUT2D eigenvalue weighted by Gasteiger charge is 2.25. The first-order chi connectivity index (χ1) is 13.5. The molecule has 0 atom stereocenters. The van der Waals surface area contributed by atoms with E-state index in [0.717, 1.165) is 0 Å². The molecule has 0 aliphatic carbocycles. The second-order valence-electron chi connectivity index (χ2n) is 7.40. The minimum absolute atomic E-state index is 0.0405. The van der Waals surface area contributed by atoms with Gasteiger partial charge in [0.1, 0.15) is 10.7 Å². The van der Waals surface area contributed by atoms with E-state index < -0.39 is 21.5 Å². The number of hydrogen-bond acceptors (Lipinski definition) is 4. The summed E-state index contributed by atoms with van der Waals surface area (Å²) < 4.78 is 41.2. The molecule has 9 heteroatoms. The summed E-state index contributed by atoms with van der Waals surface area (Å²) in [6.45, 7) is 5.51. The van der Waals surface area contributed by atoms with Gasteiger partial charge in [-0.2, -0.15) is 11.8 Å². The van der Waals surface area contributed by atoms with Crippen LogP contribution in [0.4, 0.5) is 4.39 Å². The smallest absolute Gasteiger partial charge is 0.251 e. The van der Waals surface area contributed by atoms with Crippen molar-refractivity contribution in [2.24, 2.45) is 0 Å². The fourth-order valence-electron chi connectivity index (χ4n) is 2.44. The number of carbonyl (C=O) groups is 1. The van der Waals surface area contributed by atoms with Crippen molar-refractivity contribution in [3.05, 3.63) is 64.4 Å². The third-order valence-electron chi connectivity index (χ3n) is 3.67. The van der Waals surface area contributed by atoms with E-state index in [0.29, 0.717) is 23.6 Å². The molecule has 29 heavy (non-hydrogen) atoms. The molecular formula is C20H24ClFN2O3S2. The predicted octanol–water partition coefficient (Wildman–Crippen LogP) is 4.22. The zero-order valence-electron chi connectivity index (χ0n) is 16.5. The molecule has 0 heterocycles. The normalized spacial score (nSPS) is 12.0. The molecule has 2 rings (SSSR count). The van der Waals surface area contributed by atoms with E-state index in [1.807, 2.05) is 0 Å². The lowest BCUT2D eigenvalue weighted by molar-refractivity contribution is 0.0956. The van der Waals surface area contributed by atoms with Gasteiger partial charge in [0.2, 0.25) is 10.0 Å². The predicted molar refractivity (Wildman–Crippen MR) is 116 cm³/mol. The average molecular weight is 459 g/mol. The molecule has 1 amide bonds. The largest absolute Gasteiger partial charge is 0.351 e. The van der Waals surface area contributed by atoms with Crippen LogP contribution >= 0.6 is 23.4 Å². The number of sulfonamides is 1.